The maximum Gasteiger partial charge on any atom is 0.344 e. The predicted octanol–water partition coefficient (Wildman–Crippen LogP) is 4.45. The first-order chi connectivity index (χ1) is 14.4. The lowest BCUT2D eigenvalue weighted by atomic mass is 10.1. The Kier molecular flexibility index (Phi) is 6.74. The SMILES string of the molecule is CCOC(=O)C1=C(O)/C(=C/c2ccc(N(C)C)cc2)SC1=NC(=O)c1ccccc1. The molecule has 1 heterocycles. The van der Waals surface area contributed by atoms with Crippen molar-refractivity contribution in [2.45, 2.75) is 6.92 Å². The number of hydrogen-bond acceptors (Lipinski definition) is 6. The number of carbonyl (C=O) groups is 2. The van der Waals surface area contributed by atoms with Gasteiger partial charge in [-0.05, 0) is 42.8 Å². The van der Waals surface area contributed by atoms with Crippen LogP contribution >= 0.6 is 11.8 Å². The highest BCUT2D eigenvalue weighted by Gasteiger charge is 2.33. The fourth-order valence-electron chi connectivity index (χ4n) is 2.75. The molecule has 1 aliphatic rings. The largest absolute Gasteiger partial charge is 0.506 e. The molecule has 1 amide bonds. The summed E-state index contributed by atoms with van der Waals surface area (Å²) in [6.07, 6.45) is 1.74. The summed E-state index contributed by atoms with van der Waals surface area (Å²) in [5, 5.41) is 10.8. The molecule has 2 aromatic carbocycles. The number of anilines is 1. The molecule has 0 saturated heterocycles. The van der Waals surface area contributed by atoms with Crippen molar-refractivity contribution in [2.75, 3.05) is 25.6 Å². The highest BCUT2D eigenvalue weighted by molar-refractivity contribution is 8.18. The molecule has 0 fully saturated rings. The van der Waals surface area contributed by atoms with Gasteiger partial charge in [-0.25, -0.2) is 9.79 Å². The van der Waals surface area contributed by atoms with Crippen LogP contribution in [0.25, 0.3) is 6.08 Å². The average molecular weight is 423 g/mol. The van der Waals surface area contributed by atoms with Crippen LogP contribution in [0.1, 0.15) is 22.8 Å². The third-order valence-electron chi connectivity index (χ3n) is 4.30. The minimum atomic E-state index is -0.714. The number of esters is 1. The first-order valence-corrected chi connectivity index (χ1v) is 10.2. The van der Waals surface area contributed by atoms with Gasteiger partial charge in [-0.15, -0.1) is 0 Å². The van der Waals surface area contributed by atoms with E-state index >= 15 is 0 Å². The van der Waals surface area contributed by atoms with Crippen molar-refractivity contribution < 1.29 is 19.4 Å². The molecule has 1 aliphatic heterocycles. The number of aliphatic hydroxyl groups is 1. The predicted molar refractivity (Wildman–Crippen MR) is 121 cm³/mol. The molecule has 6 nitrogen and oxygen atoms in total. The topological polar surface area (TPSA) is 79.2 Å². The number of amides is 1. The van der Waals surface area contributed by atoms with E-state index in [2.05, 4.69) is 4.99 Å². The molecule has 7 heteroatoms. The Balaban J connectivity index is 1.97. The third kappa shape index (κ3) is 4.80. The zero-order valence-electron chi connectivity index (χ0n) is 17.0. The van der Waals surface area contributed by atoms with E-state index in [4.69, 9.17) is 4.74 Å². The van der Waals surface area contributed by atoms with Crippen LogP contribution in [-0.4, -0.2) is 42.7 Å². The smallest absolute Gasteiger partial charge is 0.344 e. The molecule has 0 aromatic heterocycles. The molecular weight excluding hydrogens is 400 g/mol. The second-order valence-electron chi connectivity index (χ2n) is 6.63. The molecule has 0 bridgehead atoms. The molecule has 0 atom stereocenters. The van der Waals surface area contributed by atoms with Crippen LogP contribution in [-0.2, 0) is 9.53 Å². The van der Waals surface area contributed by atoms with Crippen molar-refractivity contribution in [1.82, 2.24) is 0 Å². The van der Waals surface area contributed by atoms with E-state index in [0.29, 0.717) is 10.5 Å². The van der Waals surface area contributed by atoms with Crippen LogP contribution in [0.5, 0.6) is 0 Å². The highest BCUT2D eigenvalue weighted by atomic mass is 32.2. The van der Waals surface area contributed by atoms with Gasteiger partial charge in [0.05, 0.1) is 11.5 Å². The lowest BCUT2D eigenvalue weighted by molar-refractivity contribution is -0.138. The fourth-order valence-corrected chi connectivity index (χ4v) is 3.76. The number of thioether (sulfide) groups is 1. The second kappa shape index (κ2) is 9.45. The van der Waals surface area contributed by atoms with Crippen LogP contribution in [0, 0.1) is 0 Å². The molecule has 0 spiro atoms. The van der Waals surface area contributed by atoms with E-state index in [1.165, 1.54) is 0 Å². The molecule has 0 saturated carbocycles. The maximum atomic E-state index is 12.5. The van der Waals surface area contributed by atoms with Gasteiger partial charge in [0.2, 0.25) is 0 Å². The summed E-state index contributed by atoms with van der Waals surface area (Å²) in [6, 6.07) is 16.3. The Morgan fingerprint density at radius 3 is 2.37 bits per heavy atom. The van der Waals surface area contributed by atoms with Gasteiger partial charge in [-0.2, -0.15) is 0 Å². The van der Waals surface area contributed by atoms with E-state index in [9.17, 15) is 14.7 Å². The zero-order valence-corrected chi connectivity index (χ0v) is 17.8. The van der Waals surface area contributed by atoms with Gasteiger partial charge in [-0.3, -0.25) is 4.79 Å². The summed E-state index contributed by atoms with van der Waals surface area (Å²) in [4.78, 5) is 31.4. The molecule has 0 radical (unpaired) electrons. The van der Waals surface area contributed by atoms with Crippen molar-refractivity contribution in [3.63, 3.8) is 0 Å². The van der Waals surface area contributed by atoms with Crippen molar-refractivity contribution in [2.24, 2.45) is 4.99 Å². The summed E-state index contributed by atoms with van der Waals surface area (Å²) in [7, 11) is 3.90. The van der Waals surface area contributed by atoms with E-state index in [0.717, 1.165) is 23.0 Å². The average Bonchev–Trinajstić information content (AvgIpc) is 3.04. The molecule has 30 heavy (non-hydrogen) atoms. The van der Waals surface area contributed by atoms with E-state index in [1.54, 1.807) is 43.3 Å². The van der Waals surface area contributed by atoms with Gasteiger partial charge in [0.15, 0.2) is 0 Å². The maximum absolute atomic E-state index is 12.5. The number of hydrogen-bond donors (Lipinski definition) is 1. The van der Waals surface area contributed by atoms with Crippen LogP contribution in [0.15, 0.2) is 75.8 Å². The van der Waals surface area contributed by atoms with Crippen LogP contribution in [0.2, 0.25) is 0 Å². The quantitative estimate of drug-likeness (QED) is 0.717. The molecule has 0 unspecified atom stereocenters. The first-order valence-electron chi connectivity index (χ1n) is 9.36. The third-order valence-corrected chi connectivity index (χ3v) is 5.32. The minimum Gasteiger partial charge on any atom is -0.506 e. The number of aliphatic imine (C=N–C) groups is 1. The van der Waals surface area contributed by atoms with Crippen LogP contribution in [0.3, 0.4) is 0 Å². The lowest BCUT2D eigenvalue weighted by Gasteiger charge is -2.11. The van der Waals surface area contributed by atoms with Crippen molar-refractivity contribution in [3.05, 3.63) is 82.0 Å². The summed E-state index contributed by atoms with van der Waals surface area (Å²) in [5.74, 6) is -1.45. The summed E-state index contributed by atoms with van der Waals surface area (Å²) >= 11 is 1.06. The Bertz CT molecular complexity index is 1040. The first kappa shape index (κ1) is 21.4. The fraction of sp³-hybridized carbons (Fsp3) is 0.174. The van der Waals surface area contributed by atoms with Crippen molar-refractivity contribution in [1.29, 1.82) is 0 Å². The number of nitrogens with zero attached hydrogens (tertiary/aromatic N) is 2. The normalized spacial score (nSPS) is 16.2. The second-order valence-corrected chi connectivity index (χ2v) is 7.66. The van der Waals surface area contributed by atoms with Gasteiger partial charge < -0.3 is 14.7 Å². The standard InChI is InChI=1S/C23H22N2O4S/c1-4-29-23(28)19-20(26)18(14-15-10-12-17(13-11-15)25(2)3)30-22(19)24-21(27)16-8-6-5-7-9-16/h5-14,26H,4H2,1-3H3/b18-14-,24-22?. The number of rotatable bonds is 5. The van der Waals surface area contributed by atoms with Gasteiger partial charge >= 0.3 is 5.97 Å². The molecule has 2 aromatic rings. The Morgan fingerprint density at radius 2 is 1.77 bits per heavy atom. The zero-order chi connectivity index (χ0) is 21.7. The monoisotopic (exact) mass is 422 g/mol. The number of aliphatic hydroxyl groups excluding tert-OH is 1. The van der Waals surface area contributed by atoms with Crippen LogP contribution < -0.4 is 4.90 Å². The Labute approximate surface area is 179 Å². The molecule has 154 valence electrons. The number of ether oxygens (including phenoxy) is 1. The highest BCUT2D eigenvalue weighted by Crippen LogP contribution is 2.39. The van der Waals surface area contributed by atoms with Crippen molar-refractivity contribution >= 4 is 40.4 Å². The van der Waals surface area contributed by atoms with Crippen LogP contribution in [0.4, 0.5) is 5.69 Å². The lowest BCUT2D eigenvalue weighted by Crippen LogP contribution is -2.14. The van der Waals surface area contributed by atoms with Gasteiger partial charge in [0.1, 0.15) is 16.4 Å². The Morgan fingerprint density at radius 1 is 1.10 bits per heavy atom. The van der Waals surface area contributed by atoms with Gasteiger partial charge in [-0.1, -0.05) is 42.1 Å². The van der Waals surface area contributed by atoms with Gasteiger partial charge in [0.25, 0.3) is 5.91 Å². The molecular formula is C23H22N2O4S. The summed E-state index contributed by atoms with van der Waals surface area (Å²) < 4.78 is 5.06. The number of carbonyl (C=O) groups excluding carboxylic acids is 2. The van der Waals surface area contributed by atoms with Gasteiger partial charge in [0, 0.05) is 25.3 Å². The molecule has 1 N–H and O–H groups in total. The summed E-state index contributed by atoms with van der Waals surface area (Å²) in [6.45, 7) is 1.82. The molecule has 0 aliphatic carbocycles. The summed E-state index contributed by atoms with van der Waals surface area (Å²) in [5.41, 5.74) is 2.18. The minimum absolute atomic E-state index is 0.0951. The van der Waals surface area contributed by atoms with E-state index < -0.39 is 11.9 Å². The number of benzene rings is 2. The van der Waals surface area contributed by atoms with E-state index in [-0.39, 0.29) is 23.0 Å². The molecule has 3 rings (SSSR count). The Hall–Kier alpha value is -3.32. The van der Waals surface area contributed by atoms with Crippen molar-refractivity contribution in [3.8, 4) is 0 Å². The van der Waals surface area contributed by atoms with E-state index in [1.807, 2.05) is 43.3 Å².